The standard InChI is InChI=1S/C18H13F7N2S/c1-11-6-8-12(9-7-11)10-27-14-5-3-2-4-13(14)26-15(27)28-18(24,25)16(19,20)17(21,22)23/h2-9H,10H2,1H3. The highest BCUT2D eigenvalue weighted by atomic mass is 32.2. The van der Waals surface area contributed by atoms with Gasteiger partial charge < -0.3 is 4.57 Å². The molecule has 0 radical (unpaired) electrons. The molecular weight excluding hydrogens is 409 g/mol. The summed E-state index contributed by atoms with van der Waals surface area (Å²) in [4.78, 5) is 3.85. The number of aromatic nitrogens is 2. The summed E-state index contributed by atoms with van der Waals surface area (Å²) in [5.74, 6) is -6.21. The van der Waals surface area contributed by atoms with Gasteiger partial charge in [-0.3, -0.25) is 0 Å². The van der Waals surface area contributed by atoms with Crippen LogP contribution in [0.4, 0.5) is 30.7 Å². The number of nitrogens with zero attached hydrogens (tertiary/aromatic N) is 2. The Balaban J connectivity index is 2.04. The van der Waals surface area contributed by atoms with E-state index in [-0.39, 0.29) is 12.1 Å². The van der Waals surface area contributed by atoms with Gasteiger partial charge in [0, 0.05) is 0 Å². The third kappa shape index (κ3) is 3.69. The molecule has 10 heteroatoms. The average molecular weight is 422 g/mol. The summed E-state index contributed by atoms with van der Waals surface area (Å²) in [5, 5.41) is -6.06. The Labute approximate surface area is 159 Å². The monoisotopic (exact) mass is 422 g/mol. The summed E-state index contributed by atoms with van der Waals surface area (Å²) < 4.78 is 93.0. The molecule has 0 aliphatic carbocycles. The number of rotatable bonds is 5. The minimum Gasteiger partial charge on any atom is -0.314 e. The van der Waals surface area contributed by atoms with Crippen LogP contribution in [0, 0.1) is 6.92 Å². The smallest absolute Gasteiger partial charge is 0.314 e. The lowest BCUT2D eigenvalue weighted by atomic mass is 10.1. The van der Waals surface area contributed by atoms with Crippen molar-refractivity contribution < 1.29 is 30.7 Å². The zero-order chi connectivity index (χ0) is 20.7. The van der Waals surface area contributed by atoms with Gasteiger partial charge in [-0.05, 0) is 36.4 Å². The van der Waals surface area contributed by atoms with Crippen molar-refractivity contribution in [1.29, 1.82) is 0 Å². The second-order valence-electron chi connectivity index (χ2n) is 6.15. The molecule has 28 heavy (non-hydrogen) atoms. The molecule has 0 spiro atoms. The Morgan fingerprint density at radius 2 is 1.50 bits per heavy atom. The molecule has 0 bridgehead atoms. The van der Waals surface area contributed by atoms with E-state index >= 15 is 0 Å². The Morgan fingerprint density at radius 3 is 2.11 bits per heavy atom. The largest absolute Gasteiger partial charge is 0.460 e. The first kappa shape index (κ1) is 20.5. The van der Waals surface area contributed by atoms with Gasteiger partial charge in [-0.1, -0.05) is 42.0 Å². The zero-order valence-electron chi connectivity index (χ0n) is 14.3. The van der Waals surface area contributed by atoms with Crippen LogP contribution in [0.5, 0.6) is 0 Å². The van der Waals surface area contributed by atoms with E-state index in [1.54, 1.807) is 36.4 Å². The van der Waals surface area contributed by atoms with Crippen LogP contribution in [0.1, 0.15) is 11.1 Å². The van der Waals surface area contributed by atoms with Crippen molar-refractivity contribution in [3.8, 4) is 0 Å². The SMILES string of the molecule is Cc1ccc(Cn2c(SC(F)(F)C(F)(F)C(F)(F)F)nc3ccccc32)cc1. The van der Waals surface area contributed by atoms with Crippen molar-refractivity contribution in [2.75, 3.05) is 0 Å². The van der Waals surface area contributed by atoms with Crippen LogP contribution in [-0.2, 0) is 6.54 Å². The van der Waals surface area contributed by atoms with Gasteiger partial charge in [-0.15, -0.1) is 0 Å². The number of para-hydroxylation sites is 2. The van der Waals surface area contributed by atoms with Crippen LogP contribution in [-0.4, -0.2) is 26.9 Å². The fourth-order valence-corrected chi connectivity index (χ4v) is 3.39. The third-order valence-electron chi connectivity index (χ3n) is 4.02. The van der Waals surface area contributed by atoms with E-state index in [2.05, 4.69) is 4.98 Å². The minimum atomic E-state index is -6.39. The first-order valence-electron chi connectivity index (χ1n) is 7.94. The van der Waals surface area contributed by atoms with Gasteiger partial charge in [0.15, 0.2) is 5.16 Å². The first-order valence-corrected chi connectivity index (χ1v) is 8.76. The van der Waals surface area contributed by atoms with E-state index in [1.165, 1.54) is 16.7 Å². The molecule has 2 aromatic carbocycles. The fourth-order valence-electron chi connectivity index (χ4n) is 2.50. The van der Waals surface area contributed by atoms with Crippen molar-refractivity contribution in [3.63, 3.8) is 0 Å². The van der Waals surface area contributed by atoms with E-state index in [1.807, 2.05) is 6.92 Å². The molecule has 1 aromatic heterocycles. The molecule has 0 aliphatic rings. The molecule has 3 aromatic rings. The topological polar surface area (TPSA) is 17.8 Å². The number of imidazole rings is 1. The first-order chi connectivity index (χ1) is 12.9. The van der Waals surface area contributed by atoms with Crippen LogP contribution in [0.2, 0.25) is 0 Å². The minimum absolute atomic E-state index is 0.0171. The van der Waals surface area contributed by atoms with Crippen molar-refractivity contribution in [2.24, 2.45) is 0 Å². The Morgan fingerprint density at radius 1 is 0.893 bits per heavy atom. The molecule has 1 heterocycles. The Hall–Kier alpha value is -2.23. The second kappa shape index (κ2) is 6.98. The number of thioether (sulfide) groups is 1. The molecule has 150 valence electrons. The quantitative estimate of drug-likeness (QED) is 0.356. The Kier molecular flexibility index (Phi) is 5.11. The number of fused-ring (bicyclic) bond motifs is 1. The fraction of sp³-hybridized carbons (Fsp3) is 0.278. The Bertz CT molecular complexity index is 978. The maximum Gasteiger partial charge on any atom is 0.460 e. The van der Waals surface area contributed by atoms with Gasteiger partial charge in [0.2, 0.25) is 0 Å². The molecule has 2 nitrogen and oxygen atoms in total. The number of hydrogen-bond acceptors (Lipinski definition) is 2. The number of hydrogen-bond donors (Lipinski definition) is 0. The zero-order valence-corrected chi connectivity index (χ0v) is 15.1. The van der Waals surface area contributed by atoms with Crippen molar-refractivity contribution >= 4 is 22.8 Å². The molecular formula is C18H13F7N2S. The predicted octanol–water partition coefficient (Wildman–Crippen LogP) is 6.28. The highest BCUT2D eigenvalue weighted by Gasteiger charge is 2.74. The van der Waals surface area contributed by atoms with Crippen LogP contribution in [0.25, 0.3) is 11.0 Å². The van der Waals surface area contributed by atoms with E-state index in [4.69, 9.17) is 0 Å². The predicted molar refractivity (Wildman–Crippen MR) is 91.8 cm³/mol. The van der Waals surface area contributed by atoms with Crippen LogP contribution < -0.4 is 0 Å². The van der Waals surface area contributed by atoms with Gasteiger partial charge in [-0.2, -0.15) is 30.7 Å². The maximum atomic E-state index is 13.9. The van der Waals surface area contributed by atoms with Crippen molar-refractivity contribution in [1.82, 2.24) is 9.55 Å². The molecule has 0 atom stereocenters. The van der Waals surface area contributed by atoms with Gasteiger partial charge >= 0.3 is 17.4 Å². The average Bonchev–Trinajstić information content (AvgIpc) is 2.92. The van der Waals surface area contributed by atoms with E-state index in [0.29, 0.717) is 11.1 Å². The second-order valence-corrected chi connectivity index (χ2v) is 7.23. The number of benzene rings is 2. The highest BCUT2D eigenvalue weighted by molar-refractivity contribution is 8.00. The molecule has 3 rings (SSSR count). The summed E-state index contributed by atoms with van der Waals surface area (Å²) in [7, 11) is 0. The molecule has 0 saturated heterocycles. The highest BCUT2D eigenvalue weighted by Crippen LogP contribution is 2.53. The van der Waals surface area contributed by atoms with Gasteiger partial charge in [0.25, 0.3) is 0 Å². The normalized spacial score (nSPS) is 13.3. The molecule has 0 unspecified atom stereocenters. The number of alkyl halides is 7. The van der Waals surface area contributed by atoms with Crippen LogP contribution in [0.15, 0.2) is 53.7 Å². The maximum absolute atomic E-state index is 13.9. The third-order valence-corrected chi connectivity index (χ3v) is 5.03. The van der Waals surface area contributed by atoms with Crippen molar-refractivity contribution in [2.45, 2.75) is 36.0 Å². The summed E-state index contributed by atoms with van der Waals surface area (Å²) in [6.07, 6.45) is -6.39. The van der Waals surface area contributed by atoms with E-state index in [9.17, 15) is 30.7 Å². The summed E-state index contributed by atoms with van der Waals surface area (Å²) >= 11 is -0.897. The van der Waals surface area contributed by atoms with Crippen LogP contribution in [0.3, 0.4) is 0 Å². The molecule has 0 aliphatic heterocycles. The van der Waals surface area contributed by atoms with Gasteiger partial charge in [0.1, 0.15) is 0 Å². The summed E-state index contributed by atoms with van der Waals surface area (Å²) in [6, 6.07) is 13.1. The molecule has 0 saturated carbocycles. The lowest BCUT2D eigenvalue weighted by molar-refractivity contribution is -0.330. The molecule has 0 amide bonds. The summed E-state index contributed by atoms with van der Waals surface area (Å²) in [5.41, 5.74) is 2.16. The van der Waals surface area contributed by atoms with E-state index in [0.717, 1.165) is 5.56 Å². The van der Waals surface area contributed by atoms with Gasteiger partial charge in [0.05, 0.1) is 17.6 Å². The summed E-state index contributed by atoms with van der Waals surface area (Å²) in [6.45, 7) is 1.83. The lowest BCUT2D eigenvalue weighted by Crippen LogP contribution is -2.50. The molecule has 0 fully saturated rings. The van der Waals surface area contributed by atoms with Crippen molar-refractivity contribution in [3.05, 3.63) is 59.7 Å². The molecule has 0 N–H and O–H groups in total. The number of aryl methyl sites for hydroxylation is 1. The van der Waals surface area contributed by atoms with Crippen LogP contribution >= 0.6 is 11.8 Å². The number of halogens is 7. The van der Waals surface area contributed by atoms with Gasteiger partial charge in [-0.25, -0.2) is 4.98 Å². The lowest BCUT2D eigenvalue weighted by Gasteiger charge is -2.27. The van der Waals surface area contributed by atoms with E-state index < -0.39 is 34.3 Å².